The van der Waals surface area contributed by atoms with Gasteiger partial charge in [0.05, 0.1) is 0 Å². The largest absolute Gasteiger partial charge is 0.326 e. The number of aryl methyl sites for hydroxylation is 1. The minimum Gasteiger partial charge on any atom is -0.326 e. The summed E-state index contributed by atoms with van der Waals surface area (Å²) < 4.78 is 0. The Balaban J connectivity index is 1.26. The second-order valence-corrected chi connectivity index (χ2v) is 9.90. The van der Waals surface area contributed by atoms with Crippen molar-refractivity contribution in [3.8, 4) is 0 Å². The van der Waals surface area contributed by atoms with Crippen molar-refractivity contribution in [2.75, 3.05) is 18.4 Å². The lowest BCUT2D eigenvalue weighted by molar-refractivity contribution is -0.121. The first-order valence-corrected chi connectivity index (χ1v) is 12.5. The van der Waals surface area contributed by atoms with E-state index < -0.39 is 0 Å². The van der Waals surface area contributed by atoms with E-state index in [0.29, 0.717) is 0 Å². The summed E-state index contributed by atoms with van der Waals surface area (Å²) in [5.74, 6) is 1.14. The average molecular weight is 465 g/mol. The van der Waals surface area contributed by atoms with Crippen molar-refractivity contribution < 1.29 is 4.79 Å². The first-order chi connectivity index (χ1) is 15.6. The third-order valence-corrected chi connectivity index (χ3v) is 7.31. The van der Waals surface area contributed by atoms with Gasteiger partial charge in [0.2, 0.25) is 5.91 Å². The van der Waals surface area contributed by atoms with Gasteiger partial charge in [-0.3, -0.25) is 9.69 Å². The zero-order valence-corrected chi connectivity index (χ0v) is 20.0. The van der Waals surface area contributed by atoms with Crippen LogP contribution in [-0.2, 0) is 17.1 Å². The molecule has 1 aliphatic rings. The number of nitrogens with zero attached hydrogens (tertiary/aromatic N) is 1. The monoisotopic (exact) mass is 464 g/mol. The molecule has 0 unspecified atom stereocenters. The number of thioether (sulfide) groups is 1. The Kier molecular flexibility index (Phi) is 7.90. The molecule has 0 spiro atoms. The van der Waals surface area contributed by atoms with Crippen LogP contribution in [-0.4, -0.2) is 23.9 Å². The van der Waals surface area contributed by atoms with Crippen molar-refractivity contribution in [1.29, 1.82) is 0 Å². The van der Waals surface area contributed by atoms with Crippen LogP contribution in [0.5, 0.6) is 0 Å². The molecule has 1 N–H and O–H groups in total. The van der Waals surface area contributed by atoms with Crippen LogP contribution in [0, 0.1) is 12.8 Å². The number of hydrogen-bond donors (Lipinski definition) is 1. The van der Waals surface area contributed by atoms with Crippen LogP contribution in [0.25, 0.3) is 0 Å². The summed E-state index contributed by atoms with van der Waals surface area (Å²) in [6.07, 6.45) is 1.79. The first kappa shape index (κ1) is 22.9. The fraction of sp³-hybridized carbons (Fsp3) is 0.296. The third kappa shape index (κ3) is 6.38. The Morgan fingerprint density at radius 3 is 2.38 bits per heavy atom. The van der Waals surface area contributed by atoms with Gasteiger partial charge in [0.15, 0.2) is 0 Å². The SMILES string of the molecule is Cc1cc(CSc2ccccc2)ccc1NC(=O)C1CCN(Cc2ccc(Cl)cc2)CC1. The van der Waals surface area contributed by atoms with Crippen molar-refractivity contribution in [2.45, 2.75) is 37.0 Å². The van der Waals surface area contributed by atoms with Gasteiger partial charge in [-0.05, 0) is 79.9 Å². The second-order valence-electron chi connectivity index (χ2n) is 8.42. The molecule has 3 aromatic carbocycles. The number of piperidine rings is 1. The lowest BCUT2D eigenvalue weighted by atomic mass is 9.95. The fourth-order valence-electron chi connectivity index (χ4n) is 4.08. The van der Waals surface area contributed by atoms with E-state index in [0.717, 1.165) is 54.5 Å². The first-order valence-electron chi connectivity index (χ1n) is 11.1. The Morgan fingerprint density at radius 1 is 1.00 bits per heavy atom. The molecule has 1 amide bonds. The molecule has 1 fully saturated rings. The van der Waals surface area contributed by atoms with Crippen LogP contribution in [0.1, 0.15) is 29.5 Å². The van der Waals surface area contributed by atoms with Crippen molar-refractivity contribution in [3.63, 3.8) is 0 Å². The number of benzene rings is 3. The Labute approximate surface area is 200 Å². The maximum absolute atomic E-state index is 12.9. The summed E-state index contributed by atoms with van der Waals surface area (Å²) in [5, 5.41) is 3.94. The molecule has 4 rings (SSSR count). The summed E-state index contributed by atoms with van der Waals surface area (Å²) in [5.41, 5.74) is 4.57. The molecule has 1 saturated heterocycles. The lowest BCUT2D eigenvalue weighted by Crippen LogP contribution is -2.37. The summed E-state index contributed by atoms with van der Waals surface area (Å²) >= 11 is 7.80. The van der Waals surface area contributed by atoms with E-state index in [1.807, 2.05) is 36.0 Å². The summed E-state index contributed by atoms with van der Waals surface area (Å²) in [7, 11) is 0. The zero-order chi connectivity index (χ0) is 22.3. The van der Waals surface area contributed by atoms with Crippen molar-refractivity contribution >= 4 is 35.0 Å². The predicted octanol–water partition coefficient (Wildman–Crippen LogP) is 6.79. The summed E-state index contributed by atoms with van der Waals surface area (Å²) in [6, 6.07) is 24.8. The molecule has 0 atom stereocenters. The molecular formula is C27H29ClN2OS. The molecule has 0 bridgehead atoms. The standard InChI is InChI=1S/C27H29ClN2OS/c1-20-17-22(19-32-25-5-3-2-4-6-25)9-12-26(20)29-27(31)23-13-15-30(16-14-23)18-21-7-10-24(28)11-8-21/h2-12,17,23H,13-16,18-19H2,1H3,(H,29,31). The third-order valence-electron chi connectivity index (χ3n) is 5.98. The fourth-order valence-corrected chi connectivity index (χ4v) is 5.06. The molecule has 0 aromatic heterocycles. The van der Waals surface area contributed by atoms with Crippen LogP contribution in [0.3, 0.4) is 0 Å². The van der Waals surface area contributed by atoms with Gasteiger partial charge in [0.25, 0.3) is 0 Å². The molecular weight excluding hydrogens is 436 g/mol. The highest BCUT2D eigenvalue weighted by molar-refractivity contribution is 7.98. The van der Waals surface area contributed by atoms with Gasteiger partial charge in [-0.1, -0.05) is 54.1 Å². The number of likely N-dealkylation sites (tertiary alicyclic amines) is 1. The molecule has 1 heterocycles. The van der Waals surface area contributed by atoms with Crippen LogP contribution in [0.4, 0.5) is 5.69 Å². The minimum absolute atomic E-state index is 0.0733. The molecule has 166 valence electrons. The van der Waals surface area contributed by atoms with Crippen molar-refractivity contribution in [3.05, 3.63) is 94.5 Å². The molecule has 1 aliphatic heterocycles. The maximum atomic E-state index is 12.9. The van der Waals surface area contributed by atoms with E-state index in [1.165, 1.54) is 16.0 Å². The Bertz CT molecular complexity index is 1030. The molecule has 5 heteroatoms. The van der Waals surface area contributed by atoms with Gasteiger partial charge in [0, 0.05) is 33.8 Å². The van der Waals surface area contributed by atoms with Gasteiger partial charge in [-0.25, -0.2) is 0 Å². The number of halogens is 1. The van der Waals surface area contributed by atoms with Gasteiger partial charge in [-0.15, -0.1) is 11.8 Å². The van der Waals surface area contributed by atoms with Gasteiger partial charge >= 0.3 is 0 Å². The Morgan fingerprint density at radius 2 is 1.69 bits per heavy atom. The van der Waals surface area contributed by atoms with Gasteiger partial charge < -0.3 is 5.32 Å². The van der Waals surface area contributed by atoms with E-state index >= 15 is 0 Å². The Hall–Kier alpha value is -2.27. The minimum atomic E-state index is 0.0733. The average Bonchev–Trinajstić information content (AvgIpc) is 2.82. The van der Waals surface area contributed by atoms with Crippen LogP contribution >= 0.6 is 23.4 Å². The van der Waals surface area contributed by atoms with Gasteiger partial charge in [0.1, 0.15) is 0 Å². The highest BCUT2D eigenvalue weighted by Gasteiger charge is 2.25. The molecule has 32 heavy (non-hydrogen) atoms. The number of nitrogens with one attached hydrogen (secondary N) is 1. The number of amides is 1. The normalized spacial score (nSPS) is 14.9. The van der Waals surface area contributed by atoms with Crippen molar-refractivity contribution in [2.24, 2.45) is 5.92 Å². The van der Waals surface area contributed by atoms with E-state index in [2.05, 4.69) is 65.7 Å². The maximum Gasteiger partial charge on any atom is 0.227 e. The summed E-state index contributed by atoms with van der Waals surface area (Å²) in [6.45, 7) is 4.86. The molecule has 0 saturated carbocycles. The van der Waals surface area contributed by atoms with Crippen LogP contribution in [0.15, 0.2) is 77.7 Å². The van der Waals surface area contributed by atoms with Crippen molar-refractivity contribution in [1.82, 2.24) is 4.90 Å². The number of carbonyl (C=O) groups is 1. The highest BCUT2D eigenvalue weighted by Crippen LogP contribution is 2.26. The smallest absolute Gasteiger partial charge is 0.227 e. The number of carbonyl (C=O) groups excluding carboxylic acids is 1. The van der Waals surface area contributed by atoms with E-state index in [-0.39, 0.29) is 11.8 Å². The predicted molar refractivity (Wildman–Crippen MR) is 135 cm³/mol. The molecule has 3 aromatic rings. The molecule has 3 nitrogen and oxygen atoms in total. The second kappa shape index (κ2) is 11.0. The van der Waals surface area contributed by atoms with Crippen LogP contribution in [0.2, 0.25) is 5.02 Å². The summed E-state index contributed by atoms with van der Waals surface area (Å²) in [4.78, 5) is 16.6. The topological polar surface area (TPSA) is 32.3 Å². The highest BCUT2D eigenvalue weighted by atomic mass is 35.5. The number of anilines is 1. The van der Waals surface area contributed by atoms with Crippen LogP contribution < -0.4 is 5.32 Å². The van der Waals surface area contributed by atoms with E-state index in [4.69, 9.17) is 11.6 Å². The number of rotatable bonds is 7. The number of hydrogen-bond acceptors (Lipinski definition) is 3. The molecule has 0 aliphatic carbocycles. The zero-order valence-electron chi connectivity index (χ0n) is 18.4. The lowest BCUT2D eigenvalue weighted by Gasteiger charge is -2.31. The van der Waals surface area contributed by atoms with Gasteiger partial charge in [-0.2, -0.15) is 0 Å². The van der Waals surface area contributed by atoms with E-state index in [9.17, 15) is 4.79 Å². The van der Waals surface area contributed by atoms with E-state index in [1.54, 1.807) is 0 Å². The quantitative estimate of drug-likeness (QED) is 0.390. The molecule has 0 radical (unpaired) electrons.